The van der Waals surface area contributed by atoms with E-state index in [2.05, 4.69) is 0 Å². The van der Waals surface area contributed by atoms with Crippen LogP contribution in [0.2, 0.25) is 0 Å². The van der Waals surface area contributed by atoms with Crippen molar-refractivity contribution in [1.82, 2.24) is 0 Å². The molecule has 2 N–H and O–H groups in total. The Hall–Kier alpha value is -0.0200. The van der Waals surface area contributed by atoms with E-state index in [4.69, 9.17) is 5.73 Å². The molecule has 0 radical (unpaired) electrons. The van der Waals surface area contributed by atoms with Gasteiger partial charge in [0.15, 0.2) is 5.78 Å². The highest BCUT2D eigenvalue weighted by Crippen LogP contribution is 2.27. The lowest BCUT2D eigenvalue weighted by Gasteiger charge is -2.09. The SMILES string of the molecule is CC(N)C(=O)C1CCCS1. The highest BCUT2D eigenvalue weighted by Gasteiger charge is 2.25. The molecule has 0 aliphatic carbocycles. The second-order valence-corrected chi connectivity index (χ2v) is 4.00. The maximum Gasteiger partial charge on any atom is 0.162 e. The minimum atomic E-state index is -0.268. The number of carbonyl (C=O) groups excluding carboxylic acids is 1. The van der Waals surface area contributed by atoms with Crippen LogP contribution in [-0.4, -0.2) is 22.8 Å². The standard InChI is InChI=1S/C7H13NOS/c1-5(8)7(9)6-3-2-4-10-6/h5-6H,2-4,8H2,1H3. The maximum atomic E-state index is 11.2. The average molecular weight is 159 g/mol. The Morgan fingerprint density at radius 1 is 1.80 bits per heavy atom. The first-order valence-corrected chi connectivity index (χ1v) is 4.67. The summed E-state index contributed by atoms with van der Waals surface area (Å²) in [6, 6.07) is -0.268. The Kier molecular flexibility index (Phi) is 2.74. The lowest BCUT2D eigenvalue weighted by atomic mass is 10.1. The minimum Gasteiger partial charge on any atom is -0.322 e. The molecule has 0 aromatic heterocycles. The Morgan fingerprint density at radius 3 is 2.90 bits per heavy atom. The monoisotopic (exact) mass is 159 g/mol. The minimum absolute atomic E-state index is 0.208. The summed E-state index contributed by atoms with van der Waals surface area (Å²) in [6.07, 6.45) is 2.21. The van der Waals surface area contributed by atoms with Gasteiger partial charge in [-0.25, -0.2) is 0 Å². The molecule has 1 fully saturated rings. The van der Waals surface area contributed by atoms with Gasteiger partial charge in [-0.05, 0) is 25.5 Å². The fourth-order valence-corrected chi connectivity index (χ4v) is 2.43. The second kappa shape index (κ2) is 3.39. The van der Waals surface area contributed by atoms with Gasteiger partial charge in [0.25, 0.3) is 0 Å². The molecule has 2 unspecified atom stereocenters. The third-order valence-corrected chi connectivity index (χ3v) is 3.09. The molecule has 2 atom stereocenters. The third-order valence-electron chi connectivity index (χ3n) is 1.70. The number of Topliss-reactive ketones (excluding diaryl/α,β-unsaturated/α-hetero) is 1. The van der Waals surface area contributed by atoms with Crippen LogP contribution in [-0.2, 0) is 4.79 Å². The van der Waals surface area contributed by atoms with Crippen molar-refractivity contribution in [2.24, 2.45) is 5.73 Å². The predicted octanol–water partition coefficient (Wildman–Crippen LogP) is 0.798. The maximum absolute atomic E-state index is 11.2. The Morgan fingerprint density at radius 2 is 2.50 bits per heavy atom. The van der Waals surface area contributed by atoms with E-state index in [1.807, 2.05) is 0 Å². The first kappa shape index (κ1) is 8.08. The number of hydrogen-bond acceptors (Lipinski definition) is 3. The van der Waals surface area contributed by atoms with Gasteiger partial charge in [0.05, 0.1) is 11.3 Å². The first-order chi connectivity index (χ1) is 4.72. The summed E-state index contributed by atoms with van der Waals surface area (Å²) in [5.41, 5.74) is 5.45. The van der Waals surface area contributed by atoms with Gasteiger partial charge in [-0.3, -0.25) is 4.79 Å². The summed E-state index contributed by atoms with van der Waals surface area (Å²) in [5, 5.41) is 0.208. The van der Waals surface area contributed by atoms with Gasteiger partial charge in [-0.2, -0.15) is 11.8 Å². The van der Waals surface area contributed by atoms with E-state index in [1.54, 1.807) is 18.7 Å². The fourth-order valence-electron chi connectivity index (χ4n) is 1.10. The molecule has 0 aromatic carbocycles. The average Bonchev–Trinajstić information content (AvgIpc) is 2.36. The van der Waals surface area contributed by atoms with Gasteiger partial charge in [0.1, 0.15) is 0 Å². The third kappa shape index (κ3) is 1.73. The quantitative estimate of drug-likeness (QED) is 0.648. The molecule has 0 spiro atoms. The summed E-state index contributed by atoms with van der Waals surface area (Å²) >= 11 is 1.75. The van der Waals surface area contributed by atoms with Gasteiger partial charge >= 0.3 is 0 Å². The van der Waals surface area contributed by atoms with E-state index < -0.39 is 0 Å². The van der Waals surface area contributed by atoms with Crippen LogP contribution in [0.4, 0.5) is 0 Å². The van der Waals surface area contributed by atoms with Gasteiger partial charge in [-0.1, -0.05) is 0 Å². The van der Waals surface area contributed by atoms with Gasteiger partial charge < -0.3 is 5.73 Å². The number of thioether (sulfide) groups is 1. The van der Waals surface area contributed by atoms with E-state index in [-0.39, 0.29) is 17.1 Å². The smallest absolute Gasteiger partial charge is 0.162 e. The van der Waals surface area contributed by atoms with Crippen LogP contribution in [0.15, 0.2) is 0 Å². The number of carbonyl (C=O) groups is 1. The molecule has 0 saturated carbocycles. The number of hydrogen-bond donors (Lipinski definition) is 1. The normalized spacial score (nSPS) is 28.4. The van der Waals surface area contributed by atoms with E-state index in [9.17, 15) is 4.79 Å². The first-order valence-electron chi connectivity index (χ1n) is 3.62. The lowest BCUT2D eigenvalue weighted by molar-refractivity contribution is -0.119. The molecule has 1 heterocycles. The van der Waals surface area contributed by atoms with Crippen molar-refractivity contribution in [3.8, 4) is 0 Å². The van der Waals surface area contributed by atoms with E-state index in [1.165, 1.54) is 6.42 Å². The van der Waals surface area contributed by atoms with Crippen molar-refractivity contribution < 1.29 is 4.79 Å². The topological polar surface area (TPSA) is 43.1 Å². The van der Waals surface area contributed by atoms with Crippen molar-refractivity contribution in [3.05, 3.63) is 0 Å². The summed E-state index contributed by atoms with van der Waals surface area (Å²) in [4.78, 5) is 11.2. The largest absolute Gasteiger partial charge is 0.322 e. The van der Waals surface area contributed by atoms with Gasteiger partial charge in [0.2, 0.25) is 0 Å². The van der Waals surface area contributed by atoms with Crippen LogP contribution < -0.4 is 5.73 Å². The fraction of sp³-hybridized carbons (Fsp3) is 0.857. The van der Waals surface area contributed by atoms with Crippen LogP contribution in [0, 0.1) is 0 Å². The molecule has 3 heteroatoms. The molecule has 10 heavy (non-hydrogen) atoms. The molecule has 0 aromatic rings. The number of rotatable bonds is 2. The highest BCUT2D eigenvalue weighted by molar-refractivity contribution is 8.00. The summed E-state index contributed by atoms with van der Waals surface area (Å²) < 4.78 is 0. The van der Waals surface area contributed by atoms with Crippen molar-refractivity contribution in [1.29, 1.82) is 0 Å². The zero-order chi connectivity index (χ0) is 7.56. The molecule has 1 aliphatic heterocycles. The zero-order valence-corrected chi connectivity index (χ0v) is 6.99. The van der Waals surface area contributed by atoms with Crippen LogP contribution in [0.5, 0.6) is 0 Å². The lowest BCUT2D eigenvalue weighted by Crippen LogP contribution is -2.33. The predicted molar refractivity (Wildman–Crippen MR) is 44.1 cm³/mol. The van der Waals surface area contributed by atoms with E-state index >= 15 is 0 Å². The molecular formula is C7H13NOS. The summed E-state index contributed by atoms with van der Waals surface area (Å²) in [5.74, 6) is 1.35. The molecule has 1 rings (SSSR count). The molecule has 58 valence electrons. The van der Waals surface area contributed by atoms with Gasteiger partial charge in [-0.15, -0.1) is 0 Å². The Balaban J connectivity index is 2.40. The molecule has 2 nitrogen and oxygen atoms in total. The van der Waals surface area contributed by atoms with Crippen LogP contribution >= 0.6 is 11.8 Å². The summed E-state index contributed by atoms with van der Waals surface area (Å²) in [7, 11) is 0. The number of ketones is 1. The molecular weight excluding hydrogens is 146 g/mol. The zero-order valence-electron chi connectivity index (χ0n) is 6.17. The summed E-state index contributed by atoms with van der Waals surface area (Å²) in [6.45, 7) is 1.77. The molecule has 0 bridgehead atoms. The molecule has 1 aliphatic rings. The van der Waals surface area contributed by atoms with Crippen LogP contribution in [0.25, 0.3) is 0 Å². The Labute approximate surface area is 65.5 Å². The molecule has 1 saturated heterocycles. The van der Waals surface area contributed by atoms with Crippen molar-refractivity contribution in [2.45, 2.75) is 31.1 Å². The van der Waals surface area contributed by atoms with E-state index in [0.717, 1.165) is 12.2 Å². The second-order valence-electron chi connectivity index (χ2n) is 2.69. The Bertz CT molecular complexity index is 130. The van der Waals surface area contributed by atoms with Gasteiger partial charge in [0, 0.05) is 0 Å². The molecule has 0 amide bonds. The van der Waals surface area contributed by atoms with E-state index in [0.29, 0.717) is 0 Å². The van der Waals surface area contributed by atoms with Crippen molar-refractivity contribution in [3.63, 3.8) is 0 Å². The van der Waals surface area contributed by atoms with Crippen LogP contribution in [0.1, 0.15) is 19.8 Å². The van der Waals surface area contributed by atoms with Crippen molar-refractivity contribution in [2.75, 3.05) is 5.75 Å². The number of nitrogens with two attached hydrogens (primary N) is 1. The van der Waals surface area contributed by atoms with Crippen LogP contribution in [0.3, 0.4) is 0 Å². The highest BCUT2D eigenvalue weighted by atomic mass is 32.2. The van der Waals surface area contributed by atoms with Crippen molar-refractivity contribution >= 4 is 17.5 Å².